The molecule has 5 heteroatoms. The monoisotopic (exact) mass is 374 g/mol. The molecular formula is C22H30O5. The fraction of sp³-hybridized carbons (Fsp3) is 0.500. The van der Waals surface area contributed by atoms with Gasteiger partial charge in [0.05, 0.1) is 31.8 Å². The first kappa shape index (κ1) is 21.4. The fourth-order valence-corrected chi connectivity index (χ4v) is 3.34. The zero-order valence-electron chi connectivity index (χ0n) is 16.4. The van der Waals surface area contributed by atoms with Gasteiger partial charge >= 0.3 is 5.97 Å². The summed E-state index contributed by atoms with van der Waals surface area (Å²) >= 11 is 0. The molecule has 148 valence electrons. The number of unbranched alkanes of at least 4 members (excludes halogenated alkanes) is 1. The van der Waals surface area contributed by atoms with E-state index in [2.05, 4.69) is 0 Å². The molecule has 0 aliphatic heterocycles. The van der Waals surface area contributed by atoms with Crippen LogP contribution in [0.5, 0.6) is 0 Å². The average molecular weight is 374 g/mol. The van der Waals surface area contributed by atoms with Crippen LogP contribution >= 0.6 is 0 Å². The fourth-order valence-electron chi connectivity index (χ4n) is 3.34. The third-order valence-electron chi connectivity index (χ3n) is 4.98. The highest BCUT2D eigenvalue weighted by atomic mass is 16.6. The topological polar surface area (TPSA) is 65.0 Å². The highest BCUT2D eigenvalue weighted by Gasteiger charge is 2.54. The molecule has 1 aliphatic carbocycles. The van der Waals surface area contributed by atoms with Crippen molar-refractivity contribution >= 4 is 5.97 Å². The number of carbonyl (C=O) groups is 1. The van der Waals surface area contributed by atoms with Crippen molar-refractivity contribution in [3.8, 4) is 0 Å². The Morgan fingerprint density at radius 3 is 2.63 bits per heavy atom. The Morgan fingerprint density at radius 1 is 1.26 bits per heavy atom. The highest BCUT2D eigenvalue weighted by molar-refractivity contribution is 5.81. The molecule has 0 fully saturated rings. The van der Waals surface area contributed by atoms with E-state index in [-0.39, 0.29) is 0 Å². The van der Waals surface area contributed by atoms with Crippen molar-refractivity contribution in [1.82, 2.24) is 0 Å². The van der Waals surface area contributed by atoms with Crippen molar-refractivity contribution in [2.45, 2.75) is 44.5 Å². The molecular weight excluding hydrogens is 344 g/mol. The standard InChI is InChI=1S/C22H30O5/c1-4-5-15-26-22(17-23,20(24)25-3)19-13-9-10-14-21(19,2)27-16-18-11-7-6-8-12-18/h6-14,19,23H,4-5,15-17H2,1-3H3. The van der Waals surface area contributed by atoms with E-state index in [1.54, 1.807) is 0 Å². The molecule has 0 heterocycles. The molecule has 1 aliphatic rings. The number of benzene rings is 1. The van der Waals surface area contributed by atoms with Gasteiger partial charge in [0.2, 0.25) is 0 Å². The number of esters is 1. The van der Waals surface area contributed by atoms with Crippen LogP contribution in [0.3, 0.4) is 0 Å². The minimum Gasteiger partial charge on any atom is -0.467 e. The Kier molecular flexibility index (Phi) is 7.78. The lowest BCUT2D eigenvalue weighted by Crippen LogP contribution is -2.59. The summed E-state index contributed by atoms with van der Waals surface area (Å²) in [5.74, 6) is -1.13. The van der Waals surface area contributed by atoms with Crippen molar-refractivity contribution in [1.29, 1.82) is 0 Å². The zero-order chi connectivity index (χ0) is 19.8. The number of aliphatic hydroxyl groups excluding tert-OH is 1. The lowest BCUT2D eigenvalue weighted by atomic mass is 9.73. The molecule has 1 aromatic carbocycles. The van der Waals surface area contributed by atoms with E-state index < -0.39 is 29.7 Å². The van der Waals surface area contributed by atoms with Crippen LogP contribution in [-0.4, -0.2) is 42.6 Å². The molecule has 0 spiro atoms. The summed E-state index contributed by atoms with van der Waals surface area (Å²) in [6.07, 6.45) is 9.18. The number of carbonyl (C=O) groups excluding carboxylic acids is 1. The summed E-state index contributed by atoms with van der Waals surface area (Å²) in [6.45, 7) is 4.19. The number of allylic oxidation sites excluding steroid dienone is 2. The quantitative estimate of drug-likeness (QED) is 0.502. The van der Waals surface area contributed by atoms with Crippen LogP contribution in [0, 0.1) is 5.92 Å². The number of hydrogen-bond acceptors (Lipinski definition) is 5. The van der Waals surface area contributed by atoms with Gasteiger partial charge in [-0.2, -0.15) is 0 Å². The van der Waals surface area contributed by atoms with Crippen LogP contribution < -0.4 is 0 Å². The van der Waals surface area contributed by atoms with Crippen LogP contribution in [0.15, 0.2) is 54.6 Å². The molecule has 1 N–H and O–H groups in total. The lowest BCUT2D eigenvalue weighted by molar-refractivity contribution is -0.199. The molecule has 0 bridgehead atoms. The molecule has 0 amide bonds. The van der Waals surface area contributed by atoms with Crippen molar-refractivity contribution in [2.24, 2.45) is 5.92 Å². The van der Waals surface area contributed by atoms with Gasteiger partial charge in [0.15, 0.2) is 5.60 Å². The Labute approximate surface area is 161 Å². The summed E-state index contributed by atoms with van der Waals surface area (Å²) in [6, 6.07) is 9.83. The van der Waals surface area contributed by atoms with Crippen LogP contribution in [0.4, 0.5) is 0 Å². The highest BCUT2D eigenvalue weighted by Crippen LogP contribution is 2.40. The summed E-state index contributed by atoms with van der Waals surface area (Å²) in [5, 5.41) is 10.2. The first-order chi connectivity index (χ1) is 13.0. The molecule has 3 unspecified atom stereocenters. The van der Waals surface area contributed by atoms with Crippen molar-refractivity contribution in [3.05, 3.63) is 60.2 Å². The first-order valence-electron chi connectivity index (χ1n) is 9.39. The Bertz CT molecular complexity index is 654. The number of rotatable bonds is 10. The minimum absolute atomic E-state index is 0.356. The maximum absolute atomic E-state index is 12.7. The maximum atomic E-state index is 12.7. The van der Waals surface area contributed by atoms with Gasteiger partial charge in [-0.25, -0.2) is 4.79 Å². The van der Waals surface area contributed by atoms with Gasteiger partial charge in [0, 0.05) is 6.61 Å². The summed E-state index contributed by atoms with van der Waals surface area (Å²) in [7, 11) is 1.31. The average Bonchev–Trinajstić information content (AvgIpc) is 2.71. The third kappa shape index (κ3) is 4.86. The van der Waals surface area contributed by atoms with Gasteiger partial charge in [-0.1, -0.05) is 68.0 Å². The number of aliphatic hydroxyl groups is 1. The minimum atomic E-state index is -1.52. The maximum Gasteiger partial charge on any atom is 0.341 e. The van der Waals surface area contributed by atoms with E-state index in [0.29, 0.717) is 13.2 Å². The van der Waals surface area contributed by atoms with Gasteiger partial charge in [0.25, 0.3) is 0 Å². The Hall–Kier alpha value is -1.95. The number of ether oxygens (including phenoxy) is 3. The van der Waals surface area contributed by atoms with E-state index in [1.807, 2.05) is 68.5 Å². The van der Waals surface area contributed by atoms with Gasteiger partial charge in [-0.3, -0.25) is 0 Å². The van der Waals surface area contributed by atoms with Crippen molar-refractivity contribution in [3.63, 3.8) is 0 Å². The van der Waals surface area contributed by atoms with E-state index >= 15 is 0 Å². The van der Waals surface area contributed by atoms with E-state index in [9.17, 15) is 9.90 Å². The normalized spacial score (nSPS) is 23.8. The molecule has 27 heavy (non-hydrogen) atoms. The smallest absolute Gasteiger partial charge is 0.341 e. The number of methoxy groups -OCH3 is 1. The van der Waals surface area contributed by atoms with Gasteiger partial charge in [0.1, 0.15) is 0 Å². The predicted octanol–water partition coefficient (Wildman–Crippen LogP) is 3.42. The SMILES string of the molecule is CCCCOC(CO)(C(=O)OC)C1C=CC=CC1(C)OCc1ccccc1. The van der Waals surface area contributed by atoms with Gasteiger partial charge in [-0.15, -0.1) is 0 Å². The lowest BCUT2D eigenvalue weighted by Gasteiger charge is -2.44. The van der Waals surface area contributed by atoms with Gasteiger partial charge < -0.3 is 19.3 Å². The molecule has 5 nitrogen and oxygen atoms in total. The van der Waals surface area contributed by atoms with Crippen LogP contribution in [0.2, 0.25) is 0 Å². The molecule has 0 radical (unpaired) electrons. The second-order valence-electron chi connectivity index (χ2n) is 6.92. The molecule has 0 saturated heterocycles. The second-order valence-corrected chi connectivity index (χ2v) is 6.92. The van der Waals surface area contributed by atoms with Crippen molar-refractivity contribution in [2.75, 3.05) is 20.3 Å². The zero-order valence-corrected chi connectivity index (χ0v) is 16.4. The summed E-state index contributed by atoms with van der Waals surface area (Å²) < 4.78 is 17.2. The number of hydrogen-bond donors (Lipinski definition) is 1. The van der Waals surface area contributed by atoms with E-state index in [1.165, 1.54) is 7.11 Å². The second kappa shape index (κ2) is 9.83. The summed E-state index contributed by atoms with van der Waals surface area (Å²) in [4.78, 5) is 12.7. The molecule has 0 saturated carbocycles. The van der Waals surface area contributed by atoms with Crippen LogP contribution in [-0.2, 0) is 25.6 Å². The molecule has 0 aromatic heterocycles. The van der Waals surface area contributed by atoms with Crippen LogP contribution in [0.1, 0.15) is 32.3 Å². The van der Waals surface area contributed by atoms with E-state index in [0.717, 1.165) is 18.4 Å². The molecule has 2 rings (SSSR count). The van der Waals surface area contributed by atoms with E-state index in [4.69, 9.17) is 14.2 Å². The predicted molar refractivity (Wildman–Crippen MR) is 104 cm³/mol. The summed E-state index contributed by atoms with van der Waals surface area (Å²) in [5.41, 5.74) is -1.33. The Balaban J connectivity index is 2.30. The molecule has 1 aromatic rings. The van der Waals surface area contributed by atoms with Crippen LogP contribution in [0.25, 0.3) is 0 Å². The first-order valence-corrected chi connectivity index (χ1v) is 9.39. The Morgan fingerprint density at radius 2 is 2.00 bits per heavy atom. The third-order valence-corrected chi connectivity index (χ3v) is 4.98. The van der Waals surface area contributed by atoms with Crippen molar-refractivity contribution < 1.29 is 24.1 Å². The largest absolute Gasteiger partial charge is 0.467 e. The van der Waals surface area contributed by atoms with Gasteiger partial charge in [-0.05, 0) is 18.9 Å². The molecule has 3 atom stereocenters.